The summed E-state index contributed by atoms with van der Waals surface area (Å²) in [6.07, 6.45) is 0. The van der Waals surface area contributed by atoms with Crippen LogP contribution in [0.2, 0.25) is 0 Å². The number of thiophene rings is 1. The van der Waals surface area contributed by atoms with Crippen molar-refractivity contribution in [1.82, 2.24) is 34.4 Å². The molecule has 7 nitrogen and oxygen atoms in total. The molecule has 0 aliphatic carbocycles. The standard InChI is InChI=1S/C22H21N7S2/c1-13-10-14(2)29-21(23-13)26-22(27-29)31-20-18-16(15-8-6-5-7-9-15)12-30-19(18)24-17(25-20)11-28(3)4/h5-10,12H,11H2,1-4H3. The van der Waals surface area contributed by atoms with Crippen molar-refractivity contribution in [2.45, 2.75) is 30.6 Å². The second-order valence-corrected chi connectivity index (χ2v) is 9.44. The minimum atomic E-state index is 0.604. The summed E-state index contributed by atoms with van der Waals surface area (Å²) in [7, 11) is 4.04. The number of fused-ring (bicyclic) bond motifs is 2. The number of hydrogen-bond donors (Lipinski definition) is 0. The Morgan fingerprint density at radius 1 is 1.03 bits per heavy atom. The van der Waals surface area contributed by atoms with Gasteiger partial charge in [-0.3, -0.25) is 0 Å². The lowest BCUT2D eigenvalue weighted by Gasteiger charge is -2.10. The van der Waals surface area contributed by atoms with Gasteiger partial charge in [-0.05, 0) is 51.3 Å². The molecule has 5 rings (SSSR count). The van der Waals surface area contributed by atoms with E-state index >= 15 is 0 Å². The summed E-state index contributed by atoms with van der Waals surface area (Å²) in [6, 6.07) is 12.4. The molecule has 9 heteroatoms. The molecule has 4 aromatic heterocycles. The summed E-state index contributed by atoms with van der Waals surface area (Å²) in [5.41, 5.74) is 4.21. The van der Waals surface area contributed by atoms with Crippen molar-refractivity contribution in [3.05, 3.63) is 59.0 Å². The van der Waals surface area contributed by atoms with E-state index in [0.29, 0.717) is 17.5 Å². The van der Waals surface area contributed by atoms with Gasteiger partial charge in [0.15, 0.2) is 0 Å². The molecule has 0 unspecified atom stereocenters. The van der Waals surface area contributed by atoms with Gasteiger partial charge in [0.25, 0.3) is 5.78 Å². The Labute approximate surface area is 188 Å². The maximum absolute atomic E-state index is 4.91. The molecule has 0 spiro atoms. The first-order valence-corrected chi connectivity index (χ1v) is 11.5. The van der Waals surface area contributed by atoms with Crippen molar-refractivity contribution in [2.75, 3.05) is 14.1 Å². The SMILES string of the molecule is Cc1cc(C)n2nc(Sc3nc(CN(C)C)nc4scc(-c5ccccc5)c34)nc2n1. The Morgan fingerprint density at radius 3 is 2.61 bits per heavy atom. The van der Waals surface area contributed by atoms with E-state index < -0.39 is 0 Å². The third kappa shape index (κ3) is 3.91. The van der Waals surface area contributed by atoms with E-state index in [1.807, 2.05) is 52.2 Å². The Hall–Kier alpha value is -2.88. The molecule has 0 saturated carbocycles. The van der Waals surface area contributed by atoms with Crippen LogP contribution in [0, 0.1) is 13.8 Å². The summed E-state index contributed by atoms with van der Waals surface area (Å²) in [5, 5.41) is 9.37. The number of aryl methyl sites for hydroxylation is 2. The number of hydrogen-bond acceptors (Lipinski definition) is 8. The number of benzene rings is 1. The van der Waals surface area contributed by atoms with Gasteiger partial charge in [-0.1, -0.05) is 30.3 Å². The lowest BCUT2D eigenvalue weighted by molar-refractivity contribution is 0.390. The molecule has 0 aliphatic rings. The lowest BCUT2D eigenvalue weighted by Crippen LogP contribution is -2.13. The monoisotopic (exact) mass is 447 g/mol. The highest BCUT2D eigenvalue weighted by molar-refractivity contribution is 7.99. The van der Waals surface area contributed by atoms with Gasteiger partial charge in [-0.2, -0.15) is 4.98 Å². The number of aromatic nitrogens is 6. The van der Waals surface area contributed by atoms with Crippen molar-refractivity contribution in [3.8, 4) is 11.1 Å². The predicted molar refractivity (Wildman–Crippen MR) is 125 cm³/mol. The first-order valence-electron chi connectivity index (χ1n) is 9.85. The average molecular weight is 448 g/mol. The molecule has 5 aromatic rings. The quantitative estimate of drug-likeness (QED) is 0.364. The van der Waals surface area contributed by atoms with E-state index in [-0.39, 0.29) is 0 Å². The summed E-state index contributed by atoms with van der Waals surface area (Å²) in [4.78, 5) is 21.9. The second kappa shape index (κ2) is 7.99. The summed E-state index contributed by atoms with van der Waals surface area (Å²) < 4.78 is 1.78. The summed E-state index contributed by atoms with van der Waals surface area (Å²) in [6.45, 7) is 4.64. The third-order valence-corrected chi connectivity index (χ3v) is 6.49. The Bertz CT molecular complexity index is 1390. The van der Waals surface area contributed by atoms with E-state index in [2.05, 4.69) is 37.5 Å². The Morgan fingerprint density at radius 2 is 1.84 bits per heavy atom. The van der Waals surface area contributed by atoms with Crippen LogP contribution in [0.15, 0.2) is 52.0 Å². The van der Waals surface area contributed by atoms with Crippen LogP contribution >= 0.6 is 23.1 Å². The van der Waals surface area contributed by atoms with Crippen molar-refractivity contribution >= 4 is 39.1 Å². The fraction of sp³-hybridized carbons (Fsp3) is 0.227. The van der Waals surface area contributed by atoms with Crippen LogP contribution in [0.4, 0.5) is 0 Å². The van der Waals surface area contributed by atoms with Gasteiger partial charge < -0.3 is 4.90 Å². The van der Waals surface area contributed by atoms with Gasteiger partial charge in [-0.15, -0.1) is 16.4 Å². The molecule has 0 atom stereocenters. The van der Waals surface area contributed by atoms with Crippen molar-refractivity contribution in [3.63, 3.8) is 0 Å². The van der Waals surface area contributed by atoms with Crippen molar-refractivity contribution in [1.29, 1.82) is 0 Å². The predicted octanol–water partition coefficient (Wildman–Crippen LogP) is 4.63. The molecule has 0 bridgehead atoms. The fourth-order valence-corrected chi connectivity index (χ4v) is 5.40. The molecule has 0 N–H and O–H groups in total. The zero-order valence-corrected chi connectivity index (χ0v) is 19.3. The van der Waals surface area contributed by atoms with Crippen LogP contribution in [-0.2, 0) is 6.54 Å². The van der Waals surface area contributed by atoms with Gasteiger partial charge in [0.2, 0.25) is 5.16 Å². The highest BCUT2D eigenvalue weighted by Crippen LogP contribution is 2.40. The highest BCUT2D eigenvalue weighted by atomic mass is 32.2. The van der Waals surface area contributed by atoms with Gasteiger partial charge in [0.1, 0.15) is 15.7 Å². The van der Waals surface area contributed by atoms with E-state index in [9.17, 15) is 0 Å². The Balaban J connectivity index is 1.66. The zero-order valence-electron chi connectivity index (χ0n) is 17.7. The molecular weight excluding hydrogens is 426 g/mol. The molecular formula is C22H21N7S2. The lowest BCUT2D eigenvalue weighted by atomic mass is 10.1. The maximum atomic E-state index is 4.91. The molecule has 0 amide bonds. The second-order valence-electron chi connectivity index (χ2n) is 7.63. The van der Waals surface area contributed by atoms with Gasteiger partial charge >= 0.3 is 0 Å². The van der Waals surface area contributed by atoms with Crippen LogP contribution in [0.1, 0.15) is 17.2 Å². The molecule has 31 heavy (non-hydrogen) atoms. The molecule has 0 aliphatic heterocycles. The van der Waals surface area contributed by atoms with Crippen LogP contribution in [-0.4, -0.2) is 48.5 Å². The van der Waals surface area contributed by atoms with Gasteiger partial charge in [0, 0.05) is 22.3 Å². The Kier molecular flexibility index (Phi) is 5.17. The van der Waals surface area contributed by atoms with E-state index in [0.717, 1.165) is 43.6 Å². The first-order chi connectivity index (χ1) is 15.0. The number of rotatable bonds is 5. The number of nitrogens with zero attached hydrogens (tertiary/aromatic N) is 7. The molecule has 0 radical (unpaired) electrons. The summed E-state index contributed by atoms with van der Waals surface area (Å²) in [5.74, 6) is 1.39. The first kappa shape index (κ1) is 20.0. The van der Waals surface area contributed by atoms with Crippen LogP contribution in [0.25, 0.3) is 27.1 Å². The highest BCUT2D eigenvalue weighted by Gasteiger charge is 2.19. The van der Waals surface area contributed by atoms with Gasteiger partial charge in [-0.25, -0.2) is 19.5 Å². The molecule has 156 valence electrons. The molecule has 0 saturated heterocycles. The third-order valence-electron chi connectivity index (χ3n) is 4.78. The minimum absolute atomic E-state index is 0.604. The minimum Gasteiger partial charge on any atom is -0.302 e. The molecule has 4 heterocycles. The van der Waals surface area contributed by atoms with E-state index in [1.54, 1.807) is 15.9 Å². The maximum Gasteiger partial charge on any atom is 0.253 e. The van der Waals surface area contributed by atoms with Crippen molar-refractivity contribution in [2.24, 2.45) is 0 Å². The normalized spacial score (nSPS) is 11.8. The largest absolute Gasteiger partial charge is 0.302 e. The van der Waals surface area contributed by atoms with Gasteiger partial charge in [0.05, 0.1) is 11.9 Å². The van der Waals surface area contributed by atoms with E-state index in [1.165, 1.54) is 11.8 Å². The average Bonchev–Trinajstić information content (AvgIpc) is 3.32. The van der Waals surface area contributed by atoms with Crippen LogP contribution < -0.4 is 0 Å². The van der Waals surface area contributed by atoms with Crippen LogP contribution in [0.5, 0.6) is 0 Å². The van der Waals surface area contributed by atoms with Crippen LogP contribution in [0.3, 0.4) is 0 Å². The fourth-order valence-electron chi connectivity index (χ4n) is 3.49. The topological polar surface area (TPSA) is 72.1 Å². The smallest absolute Gasteiger partial charge is 0.253 e. The molecule has 0 fully saturated rings. The summed E-state index contributed by atoms with van der Waals surface area (Å²) >= 11 is 3.11. The molecule has 1 aromatic carbocycles. The van der Waals surface area contributed by atoms with E-state index in [4.69, 9.17) is 9.97 Å². The zero-order chi connectivity index (χ0) is 21.5. The van der Waals surface area contributed by atoms with Crippen molar-refractivity contribution < 1.29 is 0 Å².